The van der Waals surface area contributed by atoms with Crippen molar-refractivity contribution in [2.75, 3.05) is 18.0 Å². The molecule has 1 aromatic carbocycles. The normalized spacial score (nSPS) is 19.4. The van der Waals surface area contributed by atoms with E-state index in [9.17, 15) is 0 Å². The predicted octanol–water partition coefficient (Wildman–Crippen LogP) is 4.18. The summed E-state index contributed by atoms with van der Waals surface area (Å²) in [4.78, 5) is 2.51. The second-order valence-corrected chi connectivity index (χ2v) is 6.85. The van der Waals surface area contributed by atoms with Crippen LogP contribution in [0.5, 0.6) is 0 Å². The van der Waals surface area contributed by atoms with Gasteiger partial charge in [-0.3, -0.25) is 0 Å². The number of hydrogen-bond donors (Lipinski definition) is 1. The van der Waals surface area contributed by atoms with Crippen LogP contribution in [0.25, 0.3) is 0 Å². The van der Waals surface area contributed by atoms with Gasteiger partial charge in [0.25, 0.3) is 0 Å². The molecule has 0 aliphatic carbocycles. The zero-order valence-corrected chi connectivity index (χ0v) is 13.8. The van der Waals surface area contributed by atoms with Gasteiger partial charge >= 0.3 is 0 Å². The van der Waals surface area contributed by atoms with Crippen LogP contribution in [0.2, 0.25) is 0 Å². The van der Waals surface area contributed by atoms with Gasteiger partial charge in [-0.1, -0.05) is 19.9 Å². The molecule has 0 amide bonds. The van der Waals surface area contributed by atoms with Crippen LogP contribution in [-0.4, -0.2) is 19.1 Å². The second-order valence-electron chi connectivity index (χ2n) is 6.00. The Morgan fingerprint density at radius 2 is 2.21 bits per heavy atom. The van der Waals surface area contributed by atoms with Crippen LogP contribution in [-0.2, 0) is 6.54 Å². The highest BCUT2D eigenvalue weighted by molar-refractivity contribution is 9.10. The third-order valence-electron chi connectivity index (χ3n) is 3.76. The zero-order valence-electron chi connectivity index (χ0n) is 12.2. The first-order chi connectivity index (χ1) is 9.08. The van der Waals surface area contributed by atoms with Crippen molar-refractivity contribution in [3.05, 3.63) is 28.2 Å². The van der Waals surface area contributed by atoms with E-state index in [2.05, 4.69) is 65.1 Å². The molecule has 1 unspecified atom stereocenters. The second kappa shape index (κ2) is 6.76. The molecule has 3 heteroatoms. The minimum atomic E-state index is 0.668. The fourth-order valence-corrected chi connectivity index (χ4v) is 3.34. The zero-order chi connectivity index (χ0) is 13.8. The highest BCUT2D eigenvalue weighted by atomic mass is 79.9. The quantitative estimate of drug-likeness (QED) is 0.873. The molecule has 0 saturated carbocycles. The average Bonchev–Trinajstić information content (AvgIpc) is 2.75. The summed E-state index contributed by atoms with van der Waals surface area (Å²) in [6.45, 7) is 10.00. The Balaban J connectivity index is 2.00. The largest absolute Gasteiger partial charge is 0.368 e. The minimum absolute atomic E-state index is 0.668. The molecule has 0 radical (unpaired) electrons. The number of nitrogens with zero attached hydrogens (tertiary/aromatic N) is 1. The summed E-state index contributed by atoms with van der Waals surface area (Å²) in [6.07, 6.45) is 2.62. The Hall–Kier alpha value is -0.540. The van der Waals surface area contributed by atoms with Gasteiger partial charge in [0.1, 0.15) is 0 Å². The first-order valence-corrected chi connectivity index (χ1v) is 8.13. The van der Waals surface area contributed by atoms with Gasteiger partial charge in [-0.05, 0) is 65.9 Å². The molecule has 1 aromatic rings. The van der Waals surface area contributed by atoms with E-state index >= 15 is 0 Å². The lowest BCUT2D eigenvalue weighted by Gasteiger charge is -2.25. The monoisotopic (exact) mass is 324 g/mol. The fourth-order valence-electron chi connectivity index (χ4n) is 2.69. The summed E-state index contributed by atoms with van der Waals surface area (Å²) in [5, 5.41) is 3.49. The van der Waals surface area contributed by atoms with Gasteiger partial charge in [-0.15, -0.1) is 0 Å². The third-order valence-corrected chi connectivity index (χ3v) is 4.39. The lowest BCUT2D eigenvalue weighted by Crippen LogP contribution is -2.26. The molecule has 1 atom stereocenters. The molecular weight excluding hydrogens is 300 g/mol. The molecule has 19 heavy (non-hydrogen) atoms. The van der Waals surface area contributed by atoms with Crippen LogP contribution in [0.3, 0.4) is 0 Å². The number of nitrogens with one attached hydrogen (secondary N) is 1. The van der Waals surface area contributed by atoms with E-state index in [4.69, 9.17) is 0 Å². The summed E-state index contributed by atoms with van der Waals surface area (Å²) in [6, 6.07) is 7.44. The summed E-state index contributed by atoms with van der Waals surface area (Å²) in [5.41, 5.74) is 2.70. The average molecular weight is 325 g/mol. The van der Waals surface area contributed by atoms with E-state index < -0.39 is 0 Å². The van der Waals surface area contributed by atoms with E-state index in [1.807, 2.05) is 0 Å². The summed E-state index contributed by atoms with van der Waals surface area (Å²) >= 11 is 3.74. The van der Waals surface area contributed by atoms with Crippen molar-refractivity contribution in [3.8, 4) is 0 Å². The maximum absolute atomic E-state index is 3.74. The summed E-state index contributed by atoms with van der Waals surface area (Å²) in [7, 11) is 0. The molecule has 0 spiro atoms. The number of anilines is 1. The first-order valence-electron chi connectivity index (χ1n) is 7.33. The van der Waals surface area contributed by atoms with Crippen LogP contribution in [0, 0.1) is 5.92 Å². The van der Waals surface area contributed by atoms with Crippen molar-refractivity contribution in [1.29, 1.82) is 0 Å². The Labute approximate surface area is 125 Å². The smallest absolute Gasteiger partial charge is 0.0513 e. The summed E-state index contributed by atoms with van der Waals surface area (Å²) in [5.74, 6) is 0.702. The molecule has 0 aromatic heterocycles. The fraction of sp³-hybridized carbons (Fsp3) is 0.625. The molecular formula is C16H25BrN2. The Morgan fingerprint density at radius 1 is 1.42 bits per heavy atom. The van der Waals surface area contributed by atoms with Gasteiger partial charge in [0.15, 0.2) is 0 Å². The van der Waals surface area contributed by atoms with Crippen LogP contribution in [0.4, 0.5) is 5.69 Å². The number of hydrogen-bond acceptors (Lipinski definition) is 2. The molecule has 106 valence electrons. The summed E-state index contributed by atoms with van der Waals surface area (Å²) < 4.78 is 1.23. The number of benzene rings is 1. The molecule has 1 N–H and O–H groups in total. The maximum Gasteiger partial charge on any atom is 0.0513 e. The molecule has 2 rings (SSSR count). The molecule has 1 fully saturated rings. The SMILES string of the molecule is CC(C)CNCc1ccc(N2CCCC2C)c(Br)c1. The van der Waals surface area contributed by atoms with Gasteiger partial charge < -0.3 is 10.2 Å². The van der Waals surface area contributed by atoms with E-state index in [-0.39, 0.29) is 0 Å². The van der Waals surface area contributed by atoms with Crippen molar-refractivity contribution in [2.45, 2.75) is 46.2 Å². The Bertz CT molecular complexity index is 417. The molecule has 1 aliphatic rings. The van der Waals surface area contributed by atoms with Crippen molar-refractivity contribution in [1.82, 2.24) is 5.32 Å². The molecule has 1 saturated heterocycles. The van der Waals surface area contributed by atoms with Crippen LogP contribution in [0.1, 0.15) is 39.2 Å². The molecule has 0 bridgehead atoms. The topological polar surface area (TPSA) is 15.3 Å². The molecule has 1 aliphatic heterocycles. The highest BCUT2D eigenvalue weighted by Gasteiger charge is 2.22. The van der Waals surface area contributed by atoms with E-state index in [1.165, 1.54) is 35.1 Å². The van der Waals surface area contributed by atoms with Gasteiger partial charge in [-0.2, -0.15) is 0 Å². The maximum atomic E-state index is 3.74. The highest BCUT2D eigenvalue weighted by Crippen LogP contribution is 2.32. The van der Waals surface area contributed by atoms with Crippen molar-refractivity contribution >= 4 is 21.6 Å². The van der Waals surface area contributed by atoms with Crippen molar-refractivity contribution in [3.63, 3.8) is 0 Å². The molecule has 2 nitrogen and oxygen atoms in total. The number of rotatable bonds is 5. The van der Waals surface area contributed by atoms with Crippen LogP contribution in [0.15, 0.2) is 22.7 Å². The van der Waals surface area contributed by atoms with Crippen LogP contribution >= 0.6 is 15.9 Å². The van der Waals surface area contributed by atoms with Gasteiger partial charge in [-0.25, -0.2) is 0 Å². The predicted molar refractivity (Wildman–Crippen MR) is 86.7 cm³/mol. The molecule has 1 heterocycles. The third kappa shape index (κ3) is 3.96. The minimum Gasteiger partial charge on any atom is -0.368 e. The van der Waals surface area contributed by atoms with Gasteiger partial charge in [0.2, 0.25) is 0 Å². The van der Waals surface area contributed by atoms with Crippen molar-refractivity contribution < 1.29 is 0 Å². The van der Waals surface area contributed by atoms with Gasteiger partial charge in [0, 0.05) is 23.6 Å². The van der Waals surface area contributed by atoms with Crippen molar-refractivity contribution in [2.24, 2.45) is 5.92 Å². The standard InChI is InChI=1S/C16H25BrN2/c1-12(2)10-18-11-14-6-7-16(15(17)9-14)19-8-4-5-13(19)3/h6-7,9,12-13,18H,4-5,8,10-11H2,1-3H3. The lowest BCUT2D eigenvalue weighted by atomic mass is 10.1. The number of halogens is 1. The van der Waals surface area contributed by atoms with E-state index in [1.54, 1.807) is 0 Å². The van der Waals surface area contributed by atoms with E-state index in [0.29, 0.717) is 12.0 Å². The van der Waals surface area contributed by atoms with Crippen LogP contribution < -0.4 is 10.2 Å². The van der Waals surface area contributed by atoms with E-state index in [0.717, 1.165) is 13.1 Å². The van der Waals surface area contributed by atoms with Gasteiger partial charge in [0.05, 0.1) is 5.69 Å². The Kier molecular flexibility index (Phi) is 5.28. The first kappa shape index (κ1) is 14.9. The lowest BCUT2D eigenvalue weighted by molar-refractivity contribution is 0.552. The Morgan fingerprint density at radius 3 is 2.79 bits per heavy atom.